The maximum absolute atomic E-state index is 12.4. The number of nitrogens with one attached hydrogen (secondary N) is 3. The van der Waals surface area contributed by atoms with Gasteiger partial charge in [-0.3, -0.25) is 14.9 Å². The standard InChI is InChI=1S/C19H27N3O5/c1-6-20-19(26)22-16(23)13(5)27-18(25)15(11(2)3)21-17(24)14-9-7-12(4)8-10-14/h7-11,13,15H,6H2,1-5H3,(H,21,24)(H2,20,22,23,26). The third-order valence-corrected chi connectivity index (χ3v) is 3.76. The molecule has 0 bridgehead atoms. The molecule has 148 valence electrons. The summed E-state index contributed by atoms with van der Waals surface area (Å²) in [5.74, 6) is -2.17. The van der Waals surface area contributed by atoms with E-state index in [0.29, 0.717) is 12.1 Å². The Labute approximate surface area is 159 Å². The summed E-state index contributed by atoms with van der Waals surface area (Å²) < 4.78 is 5.12. The van der Waals surface area contributed by atoms with Crippen LogP contribution in [-0.2, 0) is 14.3 Å². The van der Waals surface area contributed by atoms with Crippen LogP contribution in [0.4, 0.5) is 4.79 Å². The Balaban J connectivity index is 2.72. The van der Waals surface area contributed by atoms with Crippen LogP contribution < -0.4 is 16.0 Å². The van der Waals surface area contributed by atoms with Gasteiger partial charge in [-0.05, 0) is 38.8 Å². The number of carbonyl (C=O) groups excluding carboxylic acids is 4. The zero-order valence-corrected chi connectivity index (χ0v) is 16.3. The highest BCUT2D eigenvalue weighted by molar-refractivity contribution is 5.98. The van der Waals surface area contributed by atoms with Crippen LogP contribution >= 0.6 is 0 Å². The fourth-order valence-electron chi connectivity index (χ4n) is 2.15. The first-order valence-electron chi connectivity index (χ1n) is 8.82. The predicted molar refractivity (Wildman–Crippen MR) is 100 cm³/mol. The Hall–Kier alpha value is -2.90. The molecule has 0 saturated carbocycles. The van der Waals surface area contributed by atoms with Gasteiger partial charge in [0, 0.05) is 12.1 Å². The van der Waals surface area contributed by atoms with Crippen molar-refractivity contribution in [2.24, 2.45) is 5.92 Å². The van der Waals surface area contributed by atoms with Crippen LogP contribution in [0, 0.1) is 12.8 Å². The molecule has 0 aromatic heterocycles. The lowest BCUT2D eigenvalue weighted by atomic mass is 10.0. The van der Waals surface area contributed by atoms with Gasteiger partial charge in [-0.15, -0.1) is 0 Å². The minimum absolute atomic E-state index is 0.259. The van der Waals surface area contributed by atoms with Gasteiger partial charge in [-0.2, -0.15) is 0 Å². The molecule has 0 spiro atoms. The van der Waals surface area contributed by atoms with Crippen LogP contribution in [0.25, 0.3) is 0 Å². The lowest BCUT2D eigenvalue weighted by Gasteiger charge is -2.23. The van der Waals surface area contributed by atoms with Crippen molar-refractivity contribution >= 4 is 23.8 Å². The number of hydrogen-bond donors (Lipinski definition) is 3. The van der Waals surface area contributed by atoms with Gasteiger partial charge in [-0.25, -0.2) is 9.59 Å². The first-order chi connectivity index (χ1) is 12.6. The number of aryl methyl sites for hydroxylation is 1. The van der Waals surface area contributed by atoms with E-state index in [9.17, 15) is 19.2 Å². The van der Waals surface area contributed by atoms with Gasteiger partial charge in [0.05, 0.1) is 0 Å². The molecule has 0 aliphatic carbocycles. The molecule has 0 saturated heterocycles. The van der Waals surface area contributed by atoms with Crippen LogP contribution in [0.3, 0.4) is 0 Å². The van der Waals surface area contributed by atoms with Crippen molar-refractivity contribution in [1.82, 2.24) is 16.0 Å². The summed E-state index contributed by atoms with van der Waals surface area (Å²) in [6, 6.07) is 5.32. The maximum Gasteiger partial charge on any atom is 0.329 e. The minimum Gasteiger partial charge on any atom is -0.451 e. The molecule has 27 heavy (non-hydrogen) atoms. The van der Waals surface area contributed by atoms with Gasteiger partial charge in [0.25, 0.3) is 11.8 Å². The Morgan fingerprint density at radius 2 is 1.63 bits per heavy atom. The summed E-state index contributed by atoms with van der Waals surface area (Å²) in [5, 5.41) is 7.11. The molecule has 8 heteroatoms. The SMILES string of the molecule is CCNC(=O)NC(=O)C(C)OC(=O)C(NC(=O)c1ccc(C)cc1)C(C)C. The fraction of sp³-hybridized carbons (Fsp3) is 0.474. The molecule has 0 aliphatic heterocycles. The lowest BCUT2D eigenvalue weighted by molar-refractivity contribution is -0.157. The lowest BCUT2D eigenvalue weighted by Crippen LogP contribution is -2.49. The quantitative estimate of drug-likeness (QED) is 0.624. The molecule has 1 aromatic rings. The van der Waals surface area contributed by atoms with Gasteiger partial charge < -0.3 is 15.4 Å². The molecule has 3 N–H and O–H groups in total. The maximum atomic E-state index is 12.4. The van der Waals surface area contributed by atoms with Crippen LogP contribution in [-0.4, -0.2) is 42.5 Å². The molecule has 1 rings (SSSR count). The number of carbonyl (C=O) groups is 4. The summed E-state index contributed by atoms with van der Waals surface area (Å²) in [7, 11) is 0. The van der Waals surface area contributed by atoms with E-state index in [-0.39, 0.29) is 5.92 Å². The normalized spacial score (nSPS) is 12.7. The first kappa shape index (κ1) is 22.1. The predicted octanol–water partition coefficient (Wildman–Crippen LogP) is 1.53. The molecule has 0 aliphatic rings. The average molecular weight is 377 g/mol. The molecule has 2 unspecified atom stereocenters. The molecule has 0 heterocycles. The van der Waals surface area contributed by atoms with Crippen molar-refractivity contribution in [2.45, 2.75) is 46.8 Å². The molecular weight excluding hydrogens is 350 g/mol. The number of rotatable bonds is 7. The Bertz CT molecular complexity index is 685. The van der Waals surface area contributed by atoms with Crippen molar-refractivity contribution in [3.05, 3.63) is 35.4 Å². The molecule has 0 radical (unpaired) electrons. The van der Waals surface area contributed by atoms with Crippen LogP contribution in [0.2, 0.25) is 0 Å². The van der Waals surface area contributed by atoms with Crippen molar-refractivity contribution in [1.29, 1.82) is 0 Å². The molecule has 0 fully saturated rings. The van der Waals surface area contributed by atoms with Crippen LogP contribution in [0.15, 0.2) is 24.3 Å². The topological polar surface area (TPSA) is 114 Å². The second-order valence-electron chi connectivity index (χ2n) is 6.49. The molecule has 2 atom stereocenters. The highest BCUT2D eigenvalue weighted by Gasteiger charge is 2.29. The first-order valence-corrected chi connectivity index (χ1v) is 8.82. The van der Waals surface area contributed by atoms with Crippen molar-refractivity contribution in [3.63, 3.8) is 0 Å². The van der Waals surface area contributed by atoms with E-state index >= 15 is 0 Å². The van der Waals surface area contributed by atoms with E-state index in [0.717, 1.165) is 5.56 Å². The smallest absolute Gasteiger partial charge is 0.329 e. The number of urea groups is 1. The van der Waals surface area contributed by atoms with E-state index in [1.54, 1.807) is 45.0 Å². The van der Waals surface area contributed by atoms with Gasteiger partial charge >= 0.3 is 12.0 Å². The summed E-state index contributed by atoms with van der Waals surface area (Å²) in [6.07, 6.45) is -1.18. The van der Waals surface area contributed by atoms with Crippen LogP contribution in [0.5, 0.6) is 0 Å². The highest BCUT2D eigenvalue weighted by atomic mass is 16.5. The number of imide groups is 1. The molecular formula is C19H27N3O5. The third-order valence-electron chi connectivity index (χ3n) is 3.76. The third kappa shape index (κ3) is 7.08. The van der Waals surface area contributed by atoms with Gasteiger partial charge in [-0.1, -0.05) is 31.5 Å². The summed E-state index contributed by atoms with van der Waals surface area (Å²) in [4.78, 5) is 48.0. The monoisotopic (exact) mass is 377 g/mol. The van der Waals surface area contributed by atoms with Crippen molar-refractivity contribution < 1.29 is 23.9 Å². The van der Waals surface area contributed by atoms with Gasteiger partial charge in [0.15, 0.2) is 6.10 Å². The number of ether oxygens (including phenoxy) is 1. The highest BCUT2D eigenvalue weighted by Crippen LogP contribution is 2.09. The Morgan fingerprint density at radius 1 is 1.04 bits per heavy atom. The average Bonchev–Trinajstić information content (AvgIpc) is 2.59. The summed E-state index contributed by atoms with van der Waals surface area (Å²) in [6.45, 7) is 8.82. The molecule has 4 amide bonds. The zero-order valence-electron chi connectivity index (χ0n) is 16.3. The van der Waals surface area contributed by atoms with E-state index < -0.39 is 36.0 Å². The van der Waals surface area contributed by atoms with Crippen LogP contribution in [0.1, 0.15) is 43.6 Å². The summed E-state index contributed by atoms with van der Waals surface area (Å²) in [5.41, 5.74) is 1.43. The second-order valence-corrected chi connectivity index (χ2v) is 6.49. The number of amides is 4. The summed E-state index contributed by atoms with van der Waals surface area (Å²) >= 11 is 0. The minimum atomic E-state index is -1.18. The van der Waals surface area contributed by atoms with E-state index in [4.69, 9.17) is 4.74 Å². The van der Waals surface area contributed by atoms with Crippen molar-refractivity contribution in [2.75, 3.05) is 6.54 Å². The second kappa shape index (κ2) is 10.3. The fourth-order valence-corrected chi connectivity index (χ4v) is 2.15. The van der Waals surface area contributed by atoms with Crippen molar-refractivity contribution in [3.8, 4) is 0 Å². The number of benzene rings is 1. The van der Waals surface area contributed by atoms with E-state index in [1.807, 2.05) is 6.92 Å². The molecule has 8 nitrogen and oxygen atoms in total. The Kier molecular flexibility index (Phi) is 8.44. The van der Waals surface area contributed by atoms with Gasteiger partial charge in [0.1, 0.15) is 6.04 Å². The number of esters is 1. The molecule has 1 aromatic carbocycles. The van der Waals surface area contributed by atoms with E-state index in [1.165, 1.54) is 6.92 Å². The van der Waals surface area contributed by atoms with E-state index in [2.05, 4.69) is 16.0 Å². The Morgan fingerprint density at radius 3 is 2.15 bits per heavy atom. The number of hydrogen-bond acceptors (Lipinski definition) is 5. The van der Waals surface area contributed by atoms with Gasteiger partial charge in [0.2, 0.25) is 0 Å². The largest absolute Gasteiger partial charge is 0.451 e. The zero-order chi connectivity index (χ0) is 20.6.